The maximum atomic E-state index is 12.5. The second-order valence-electron chi connectivity index (χ2n) is 5.53. The summed E-state index contributed by atoms with van der Waals surface area (Å²) in [6.45, 7) is 3.67. The van der Waals surface area contributed by atoms with Crippen LogP contribution in [0.15, 0.2) is 30.5 Å². The summed E-state index contributed by atoms with van der Waals surface area (Å²) in [4.78, 5) is 20.9. The van der Waals surface area contributed by atoms with Gasteiger partial charge in [0.25, 0.3) is 5.91 Å². The maximum Gasteiger partial charge on any atom is 0.255 e. The van der Waals surface area contributed by atoms with Gasteiger partial charge in [-0.15, -0.1) is 0 Å². The van der Waals surface area contributed by atoms with Gasteiger partial charge in [0.15, 0.2) is 0 Å². The molecule has 1 aromatic carbocycles. The molecule has 1 amide bonds. The van der Waals surface area contributed by atoms with Crippen LogP contribution < -0.4 is 5.32 Å². The van der Waals surface area contributed by atoms with E-state index in [-0.39, 0.29) is 11.9 Å². The van der Waals surface area contributed by atoms with Crippen LogP contribution in [-0.2, 0) is 6.42 Å². The summed E-state index contributed by atoms with van der Waals surface area (Å²) >= 11 is 0. The van der Waals surface area contributed by atoms with E-state index in [0.717, 1.165) is 25.0 Å². The van der Waals surface area contributed by atoms with Gasteiger partial charge >= 0.3 is 0 Å². The van der Waals surface area contributed by atoms with Crippen molar-refractivity contribution in [3.63, 3.8) is 0 Å². The lowest BCUT2D eigenvalue weighted by molar-refractivity contribution is 0.0931. The number of fused-ring (bicyclic) bond motifs is 1. The molecule has 0 aliphatic heterocycles. The predicted octanol–water partition coefficient (Wildman–Crippen LogP) is 2.90. The molecule has 1 heterocycles. The number of aromatic nitrogens is 2. The van der Waals surface area contributed by atoms with Gasteiger partial charge in [0.1, 0.15) is 5.82 Å². The van der Waals surface area contributed by atoms with Crippen LogP contribution in [0.2, 0.25) is 0 Å². The molecule has 1 aromatic heterocycles. The minimum absolute atomic E-state index is 0.0863. The molecule has 108 valence electrons. The standard InChI is InChI=1S/C17H19N3O/c1-11-15(10-18-12(2)19-11)17(21)20-16-9-5-7-13-6-3-4-8-14(13)16/h3-4,6,8,10,16H,5,7,9H2,1-2H3,(H,20,21)/t16-/m0/s1. The maximum absolute atomic E-state index is 12.5. The van der Waals surface area contributed by atoms with E-state index in [1.807, 2.05) is 19.9 Å². The summed E-state index contributed by atoms with van der Waals surface area (Å²) < 4.78 is 0. The van der Waals surface area contributed by atoms with Gasteiger partial charge in [-0.25, -0.2) is 9.97 Å². The van der Waals surface area contributed by atoms with E-state index in [1.54, 1.807) is 6.20 Å². The summed E-state index contributed by atoms with van der Waals surface area (Å²) in [7, 11) is 0. The average molecular weight is 281 g/mol. The largest absolute Gasteiger partial charge is 0.345 e. The summed E-state index contributed by atoms with van der Waals surface area (Å²) in [6, 6.07) is 8.43. The van der Waals surface area contributed by atoms with Crippen LogP contribution in [0, 0.1) is 13.8 Å². The van der Waals surface area contributed by atoms with E-state index in [0.29, 0.717) is 11.4 Å². The zero-order valence-electron chi connectivity index (χ0n) is 12.4. The van der Waals surface area contributed by atoms with E-state index in [4.69, 9.17) is 0 Å². The van der Waals surface area contributed by atoms with Gasteiger partial charge in [-0.1, -0.05) is 24.3 Å². The molecule has 0 saturated heterocycles. The number of hydrogen-bond donors (Lipinski definition) is 1. The summed E-state index contributed by atoms with van der Waals surface area (Å²) in [5.41, 5.74) is 3.86. The Bertz CT molecular complexity index is 681. The fraction of sp³-hybridized carbons (Fsp3) is 0.353. The van der Waals surface area contributed by atoms with Gasteiger partial charge in [0.05, 0.1) is 17.3 Å². The number of amides is 1. The molecule has 0 saturated carbocycles. The first kappa shape index (κ1) is 13.7. The van der Waals surface area contributed by atoms with Crippen molar-refractivity contribution in [3.05, 3.63) is 58.7 Å². The second-order valence-corrected chi connectivity index (χ2v) is 5.53. The molecule has 0 bridgehead atoms. The Balaban J connectivity index is 1.83. The van der Waals surface area contributed by atoms with Gasteiger partial charge < -0.3 is 5.32 Å². The molecule has 1 aliphatic carbocycles. The fourth-order valence-electron chi connectivity index (χ4n) is 2.95. The Labute approximate surface area is 124 Å². The van der Waals surface area contributed by atoms with Crippen molar-refractivity contribution in [3.8, 4) is 0 Å². The molecule has 21 heavy (non-hydrogen) atoms. The number of carbonyl (C=O) groups excluding carboxylic acids is 1. The molecule has 2 aromatic rings. The molecule has 4 nitrogen and oxygen atoms in total. The van der Waals surface area contributed by atoms with E-state index >= 15 is 0 Å². The van der Waals surface area contributed by atoms with Crippen LogP contribution in [0.4, 0.5) is 0 Å². The van der Waals surface area contributed by atoms with Gasteiger partial charge in [-0.2, -0.15) is 0 Å². The van der Waals surface area contributed by atoms with Crippen LogP contribution in [0.3, 0.4) is 0 Å². The molecule has 0 fully saturated rings. The summed E-state index contributed by atoms with van der Waals surface area (Å²) in [6.07, 6.45) is 4.79. The van der Waals surface area contributed by atoms with Crippen molar-refractivity contribution in [1.29, 1.82) is 0 Å². The highest BCUT2D eigenvalue weighted by Gasteiger charge is 2.22. The SMILES string of the molecule is Cc1ncc(C(=O)N[C@H]2CCCc3ccccc32)c(C)n1. The molecule has 4 heteroatoms. The number of nitrogens with zero attached hydrogens (tertiary/aromatic N) is 2. The molecule has 0 unspecified atom stereocenters. The van der Waals surface area contributed by atoms with Crippen molar-refractivity contribution in [1.82, 2.24) is 15.3 Å². The number of nitrogens with one attached hydrogen (secondary N) is 1. The first-order valence-electron chi connectivity index (χ1n) is 7.34. The van der Waals surface area contributed by atoms with Gasteiger partial charge in [0, 0.05) is 6.20 Å². The Hall–Kier alpha value is -2.23. The van der Waals surface area contributed by atoms with E-state index in [9.17, 15) is 4.79 Å². The molecule has 1 N–H and O–H groups in total. The quantitative estimate of drug-likeness (QED) is 0.921. The molecule has 0 radical (unpaired) electrons. The monoisotopic (exact) mass is 281 g/mol. The Morgan fingerprint density at radius 1 is 1.29 bits per heavy atom. The highest BCUT2D eigenvalue weighted by molar-refractivity contribution is 5.95. The third-order valence-corrected chi connectivity index (χ3v) is 4.02. The first-order valence-corrected chi connectivity index (χ1v) is 7.34. The Morgan fingerprint density at radius 2 is 2.10 bits per heavy atom. The predicted molar refractivity (Wildman–Crippen MR) is 81.1 cm³/mol. The van der Waals surface area contributed by atoms with Crippen LogP contribution in [-0.4, -0.2) is 15.9 Å². The zero-order valence-corrected chi connectivity index (χ0v) is 12.4. The van der Waals surface area contributed by atoms with Crippen LogP contribution >= 0.6 is 0 Å². The topological polar surface area (TPSA) is 54.9 Å². The lowest BCUT2D eigenvalue weighted by Gasteiger charge is -2.26. The smallest absolute Gasteiger partial charge is 0.255 e. The van der Waals surface area contributed by atoms with E-state index < -0.39 is 0 Å². The number of aryl methyl sites for hydroxylation is 3. The van der Waals surface area contributed by atoms with Gasteiger partial charge in [-0.3, -0.25) is 4.79 Å². The Kier molecular flexibility index (Phi) is 3.69. The van der Waals surface area contributed by atoms with Crippen molar-refractivity contribution in [2.75, 3.05) is 0 Å². The normalized spacial score (nSPS) is 17.1. The third kappa shape index (κ3) is 2.79. The van der Waals surface area contributed by atoms with Crippen LogP contribution in [0.25, 0.3) is 0 Å². The number of carbonyl (C=O) groups is 1. The van der Waals surface area contributed by atoms with Gasteiger partial charge in [0.2, 0.25) is 0 Å². The number of rotatable bonds is 2. The van der Waals surface area contributed by atoms with Crippen molar-refractivity contribution in [2.45, 2.75) is 39.2 Å². The van der Waals surface area contributed by atoms with Crippen molar-refractivity contribution in [2.24, 2.45) is 0 Å². The minimum atomic E-state index is -0.0887. The molecule has 0 spiro atoms. The van der Waals surface area contributed by atoms with Gasteiger partial charge in [-0.05, 0) is 44.2 Å². The van der Waals surface area contributed by atoms with Crippen molar-refractivity contribution >= 4 is 5.91 Å². The van der Waals surface area contributed by atoms with Crippen molar-refractivity contribution < 1.29 is 4.79 Å². The molecular formula is C17H19N3O. The highest BCUT2D eigenvalue weighted by Crippen LogP contribution is 2.29. The Morgan fingerprint density at radius 3 is 2.90 bits per heavy atom. The number of hydrogen-bond acceptors (Lipinski definition) is 3. The fourth-order valence-corrected chi connectivity index (χ4v) is 2.95. The van der Waals surface area contributed by atoms with Crippen LogP contribution in [0.1, 0.15) is 51.9 Å². The molecular weight excluding hydrogens is 262 g/mol. The molecule has 1 aliphatic rings. The third-order valence-electron chi connectivity index (χ3n) is 4.02. The zero-order chi connectivity index (χ0) is 14.8. The number of benzene rings is 1. The first-order chi connectivity index (χ1) is 10.1. The van der Waals surface area contributed by atoms with E-state index in [2.05, 4.69) is 33.5 Å². The molecule has 1 atom stereocenters. The average Bonchev–Trinajstić information content (AvgIpc) is 2.47. The lowest BCUT2D eigenvalue weighted by atomic mass is 9.87. The van der Waals surface area contributed by atoms with Crippen LogP contribution in [0.5, 0.6) is 0 Å². The molecule has 3 rings (SSSR count). The summed E-state index contributed by atoms with van der Waals surface area (Å²) in [5.74, 6) is 0.598. The minimum Gasteiger partial charge on any atom is -0.345 e. The second kappa shape index (κ2) is 5.64. The lowest BCUT2D eigenvalue weighted by Crippen LogP contribution is -2.31. The highest BCUT2D eigenvalue weighted by atomic mass is 16.1. The van der Waals surface area contributed by atoms with E-state index in [1.165, 1.54) is 11.1 Å². The summed E-state index contributed by atoms with van der Waals surface area (Å²) in [5, 5.41) is 3.13.